The minimum Gasteiger partial charge on any atom is -0.358 e. The molecule has 1 heterocycles. The van der Waals surface area contributed by atoms with Crippen LogP contribution < -0.4 is 16.0 Å². The molecule has 8 heteroatoms. The van der Waals surface area contributed by atoms with Gasteiger partial charge in [0.1, 0.15) is 5.82 Å². The topological polar surface area (TPSA) is 90.5 Å². The quantitative estimate of drug-likeness (QED) is 0.646. The van der Waals surface area contributed by atoms with Gasteiger partial charge in [0.15, 0.2) is 0 Å². The Balaban J connectivity index is 2.01. The van der Waals surface area contributed by atoms with Gasteiger partial charge in [-0.25, -0.2) is 4.39 Å². The van der Waals surface area contributed by atoms with E-state index in [1.165, 1.54) is 13.1 Å². The second-order valence-electron chi connectivity index (χ2n) is 5.52. The standard InChI is InChI=1S/C16H21FN4O3/c1-18-15(23)9-20-14(22)8-13-16(24)19-6-7-21(13)10-11-4-2-3-5-12(11)17/h2-5,13H,6-10H2,1H3,(H,18,23)(H,19,24)(H,20,22). The highest BCUT2D eigenvalue weighted by molar-refractivity contribution is 5.90. The number of carbonyl (C=O) groups is 3. The largest absolute Gasteiger partial charge is 0.358 e. The number of hydrogen-bond donors (Lipinski definition) is 3. The molecule has 1 aliphatic rings. The molecule has 1 aromatic carbocycles. The van der Waals surface area contributed by atoms with E-state index in [1.807, 2.05) is 0 Å². The molecule has 1 saturated heterocycles. The molecule has 0 radical (unpaired) electrons. The van der Waals surface area contributed by atoms with Gasteiger partial charge in [-0.05, 0) is 6.07 Å². The molecule has 1 aliphatic heterocycles. The first-order chi connectivity index (χ1) is 11.5. The predicted octanol–water partition coefficient (Wildman–Crippen LogP) is -0.622. The number of likely N-dealkylation sites (N-methyl/N-ethyl adjacent to an activating group) is 1. The Bertz CT molecular complexity index is 623. The SMILES string of the molecule is CNC(=O)CNC(=O)CC1C(=O)NCCN1Cc1ccccc1F. The Labute approximate surface area is 139 Å². The average Bonchev–Trinajstić information content (AvgIpc) is 2.57. The Morgan fingerprint density at radius 3 is 2.79 bits per heavy atom. The van der Waals surface area contributed by atoms with Gasteiger partial charge in [0, 0.05) is 32.2 Å². The van der Waals surface area contributed by atoms with E-state index in [0.717, 1.165) is 0 Å². The number of rotatable bonds is 6. The monoisotopic (exact) mass is 336 g/mol. The summed E-state index contributed by atoms with van der Waals surface area (Å²) in [5.74, 6) is -1.34. The Morgan fingerprint density at radius 1 is 1.33 bits per heavy atom. The van der Waals surface area contributed by atoms with Crippen molar-refractivity contribution in [2.24, 2.45) is 0 Å². The van der Waals surface area contributed by atoms with E-state index in [0.29, 0.717) is 18.7 Å². The van der Waals surface area contributed by atoms with Crippen LogP contribution in [0.1, 0.15) is 12.0 Å². The summed E-state index contributed by atoms with van der Waals surface area (Å²) >= 11 is 0. The maximum Gasteiger partial charge on any atom is 0.239 e. The molecule has 7 nitrogen and oxygen atoms in total. The fraction of sp³-hybridized carbons (Fsp3) is 0.438. The zero-order chi connectivity index (χ0) is 17.5. The molecule has 1 atom stereocenters. The van der Waals surface area contributed by atoms with Crippen molar-refractivity contribution in [3.63, 3.8) is 0 Å². The number of halogens is 1. The van der Waals surface area contributed by atoms with Gasteiger partial charge in [0.2, 0.25) is 17.7 Å². The van der Waals surface area contributed by atoms with E-state index in [1.54, 1.807) is 23.1 Å². The van der Waals surface area contributed by atoms with Crippen LogP contribution in [-0.4, -0.2) is 55.3 Å². The number of hydrogen-bond acceptors (Lipinski definition) is 4. The highest BCUT2D eigenvalue weighted by atomic mass is 19.1. The van der Waals surface area contributed by atoms with Crippen LogP contribution in [-0.2, 0) is 20.9 Å². The molecule has 130 valence electrons. The number of carbonyl (C=O) groups excluding carboxylic acids is 3. The summed E-state index contributed by atoms with van der Waals surface area (Å²) in [6.45, 7) is 1.07. The van der Waals surface area contributed by atoms with Crippen LogP contribution in [0.4, 0.5) is 4.39 Å². The molecule has 0 aromatic heterocycles. The number of piperazine rings is 1. The molecular weight excluding hydrogens is 315 g/mol. The molecule has 0 spiro atoms. The van der Waals surface area contributed by atoms with Gasteiger partial charge in [-0.3, -0.25) is 19.3 Å². The van der Waals surface area contributed by atoms with Crippen LogP contribution in [0, 0.1) is 5.82 Å². The minimum atomic E-state index is -0.692. The van der Waals surface area contributed by atoms with Crippen molar-refractivity contribution in [3.05, 3.63) is 35.6 Å². The van der Waals surface area contributed by atoms with Gasteiger partial charge >= 0.3 is 0 Å². The zero-order valence-electron chi connectivity index (χ0n) is 13.5. The van der Waals surface area contributed by atoms with Crippen molar-refractivity contribution >= 4 is 17.7 Å². The van der Waals surface area contributed by atoms with Crippen molar-refractivity contribution in [2.45, 2.75) is 19.0 Å². The average molecular weight is 336 g/mol. The third-order valence-electron chi connectivity index (χ3n) is 3.88. The smallest absolute Gasteiger partial charge is 0.239 e. The van der Waals surface area contributed by atoms with Gasteiger partial charge in [0.25, 0.3) is 0 Å². The van der Waals surface area contributed by atoms with Crippen LogP contribution in [0.2, 0.25) is 0 Å². The maximum absolute atomic E-state index is 13.8. The fourth-order valence-corrected chi connectivity index (χ4v) is 2.53. The molecule has 0 bridgehead atoms. The predicted molar refractivity (Wildman–Crippen MR) is 85.3 cm³/mol. The normalized spacial score (nSPS) is 17.9. The van der Waals surface area contributed by atoms with E-state index in [4.69, 9.17) is 0 Å². The first-order valence-electron chi connectivity index (χ1n) is 7.73. The van der Waals surface area contributed by atoms with E-state index in [-0.39, 0.29) is 37.1 Å². The van der Waals surface area contributed by atoms with Crippen LogP contribution in [0.5, 0.6) is 0 Å². The van der Waals surface area contributed by atoms with Gasteiger partial charge in [-0.2, -0.15) is 0 Å². The van der Waals surface area contributed by atoms with E-state index in [9.17, 15) is 18.8 Å². The van der Waals surface area contributed by atoms with Gasteiger partial charge in [0.05, 0.1) is 19.0 Å². The lowest BCUT2D eigenvalue weighted by atomic mass is 10.1. The Kier molecular flexibility index (Phi) is 6.25. The second kappa shape index (κ2) is 8.39. The Morgan fingerprint density at radius 2 is 2.08 bits per heavy atom. The van der Waals surface area contributed by atoms with Crippen molar-refractivity contribution in [3.8, 4) is 0 Å². The lowest BCUT2D eigenvalue weighted by molar-refractivity contribution is -0.134. The van der Waals surface area contributed by atoms with E-state index < -0.39 is 11.9 Å². The fourth-order valence-electron chi connectivity index (χ4n) is 2.53. The lowest BCUT2D eigenvalue weighted by Gasteiger charge is -2.34. The number of benzene rings is 1. The van der Waals surface area contributed by atoms with Crippen LogP contribution in [0.15, 0.2) is 24.3 Å². The molecule has 0 saturated carbocycles. The zero-order valence-corrected chi connectivity index (χ0v) is 13.5. The molecule has 1 aromatic rings. The first kappa shape index (κ1) is 17.9. The van der Waals surface area contributed by atoms with Gasteiger partial charge in [-0.1, -0.05) is 18.2 Å². The van der Waals surface area contributed by atoms with E-state index >= 15 is 0 Å². The van der Waals surface area contributed by atoms with Gasteiger partial charge < -0.3 is 16.0 Å². The Hall–Kier alpha value is -2.48. The maximum atomic E-state index is 13.8. The number of nitrogens with zero attached hydrogens (tertiary/aromatic N) is 1. The molecule has 24 heavy (non-hydrogen) atoms. The molecule has 1 fully saturated rings. The molecule has 2 rings (SSSR count). The summed E-state index contributed by atoms with van der Waals surface area (Å²) in [5, 5.41) is 7.57. The van der Waals surface area contributed by atoms with Gasteiger partial charge in [-0.15, -0.1) is 0 Å². The molecule has 3 N–H and O–H groups in total. The summed E-state index contributed by atoms with van der Waals surface area (Å²) in [6.07, 6.45) is -0.0860. The third-order valence-corrected chi connectivity index (χ3v) is 3.88. The minimum absolute atomic E-state index is 0.0860. The third kappa shape index (κ3) is 4.76. The van der Waals surface area contributed by atoms with Crippen LogP contribution in [0.3, 0.4) is 0 Å². The first-order valence-corrected chi connectivity index (χ1v) is 7.73. The molecule has 0 aliphatic carbocycles. The van der Waals surface area contributed by atoms with Crippen LogP contribution >= 0.6 is 0 Å². The second-order valence-corrected chi connectivity index (χ2v) is 5.52. The van der Waals surface area contributed by atoms with Crippen molar-refractivity contribution < 1.29 is 18.8 Å². The van der Waals surface area contributed by atoms with Crippen molar-refractivity contribution in [1.29, 1.82) is 0 Å². The van der Waals surface area contributed by atoms with E-state index in [2.05, 4.69) is 16.0 Å². The number of amides is 3. The highest BCUT2D eigenvalue weighted by Crippen LogP contribution is 2.16. The molecular formula is C16H21FN4O3. The summed E-state index contributed by atoms with van der Waals surface area (Å²) in [7, 11) is 1.47. The van der Waals surface area contributed by atoms with Crippen LogP contribution in [0.25, 0.3) is 0 Å². The number of nitrogens with one attached hydrogen (secondary N) is 3. The summed E-state index contributed by atoms with van der Waals surface area (Å²) in [6, 6.07) is 5.66. The summed E-state index contributed by atoms with van der Waals surface area (Å²) in [5.41, 5.74) is 0.475. The summed E-state index contributed by atoms with van der Waals surface area (Å²) < 4.78 is 13.8. The summed E-state index contributed by atoms with van der Waals surface area (Å²) in [4.78, 5) is 37.0. The molecule has 3 amide bonds. The van der Waals surface area contributed by atoms with Crippen molar-refractivity contribution in [2.75, 3.05) is 26.7 Å². The highest BCUT2D eigenvalue weighted by Gasteiger charge is 2.31. The van der Waals surface area contributed by atoms with Crippen molar-refractivity contribution in [1.82, 2.24) is 20.9 Å². The molecule has 1 unspecified atom stereocenters. The lowest BCUT2D eigenvalue weighted by Crippen LogP contribution is -2.56.